The van der Waals surface area contributed by atoms with Gasteiger partial charge in [-0.3, -0.25) is 14.9 Å². The van der Waals surface area contributed by atoms with Gasteiger partial charge in [-0.25, -0.2) is 0 Å². The fourth-order valence-electron chi connectivity index (χ4n) is 1.98. The lowest BCUT2D eigenvalue weighted by molar-refractivity contribution is -0.117. The number of nitrogens with one attached hydrogen (secondary N) is 2. The van der Waals surface area contributed by atoms with Crippen molar-refractivity contribution in [2.45, 2.75) is 29.8 Å². The SMILES string of the molecule is CCSc1nsc(NC(=O)CSc2ccc(NC(=O)C3CC3)cc2)n1. The number of hydrogen-bond acceptors (Lipinski definition) is 7. The largest absolute Gasteiger partial charge is 0.326 e. The second-order valence-corrected chi connectivity index (χ2v) is 8.47. The van der Waals surface area contributed by atoms with Crippen molar-refractivity contribution in [2.75, 3.05) is 22.1 Å². The summed E-state index contributed by atoms with van der Waals surface area (Å²) in [5.74, 6) is 1.37. The molecule has 0 spiro atoms. The number of amides is 2. The van der Waals surface area contributed by atoms with Gasteiger partial charge in [0, 0.05) is 28.0 Å². The van der Waals surface area contributed by atoms with E-state index in [2.05, 4.69) is 20.0 Å². The summed E-state index contributed by atoms with van der Waals surface area (Å²) in [6.07, 6.45) is 1.98. The quantitative estimate of drug-likeness (QED) is 0.664. The fraction of sp³-hybridized carbons (Fsp3) is 0.375. The van der Waals surface area contributed by atoms with E-state index in [9.17, 15) is 9.59 Å². The van der Waals surface area contributed by atoms with Crippen molar-refractivity contribution in [2.24, 2.45) is 5.92 Å². The van der Waals surface area contributed by atoms with Gasteiger partial charge in [0.1, 0.15) is 0 Å². The summed E-state index contributed by atoms with van der Waals surface area (Å²) < 4.78 is 4.16. The molecular formula is C16H18N4O2S3. The highest BCUT2D eigenvalue weighted by Crippen LogP contribution is 2.30. The van der Waals surface area contributed by atoms with Gasteiger partial charge in [-0.2, -0.15) is 9.36 Å². The van der Waals surface area contributed by atoms with Crippen LogP contribution in [0.4, 0.5) is 10.8 Å². The zero-order valence-corrected chi connectivity index (χ0v) is 16.1. The van der Waals surface area contributed by atoms with Crippen molar-refractivity contribution in [3.8, 4) is 0 Å². The van der Waals surface area contributed by atoms with Crippen molar-refractivity contribution in [1.82, 2.24) is 9.36 Å². The van der Waals surface area contributed by atoms with Gasteiger partial charge in [0.05, 0.1) is 5.75 Å². The Morgan fingerprint density at radius 3 is 2.64 bits per heavy atom. The molecule has 1 aromatic carbocycles. The summed E-state index contributed by atoms with van der Waals surface area (Å²) >= 11 is 4.17. The summed E-state index contributed by atoms with van der Waals surface area (Å²) in [7, 11) is 0. The molecule has 2 N–H and O–H groups in total. The van der Waals surface area contributed by atoms with E-state index in [1.54, 1.807) is 11.8 Å². The van der Waals surface area contributed by atoms with Crippen LogP contribution in [0.15, 0.2) is 34.3 Å². The van der Waals surface area contributed by atoms with Crippen LogP contribution in [-0.4, -0.2) is 32.7 Å². The van der Waals surface area contributed by atoms with Gasteiger partial charge in [0.2, 0.25) is 22.1 Å². The number of carbonyl (C=O) groups excluding carboxylic acids is 2. The minimum absolute atomic E-state index is 0.0949. The minimum Gasteiger partial charge on any atom is -0.326 e. The van der Waals surface area contributed by atoms with Crippen LogP contribution < -0.4 is 10.6 Å². The molecule has 6 nitrogen and oxygen atoms in total. The van der Waals surface area contributed by atoms with E-state index in [-0.39, 0.29) is 17.7 Å². The first-order valence-electron chi connectivity index (χ1n) is 7.94. The first-order valence-corrected chi connectivity index (χ1v) is 10.7. The first-order chi connectivity index (χ1) is 12.1. The molecule has 0 unspecified atom stereocenters. The van der Waals surface area contributed by atoms with Crippen molar-refractivity contribution < 1.29 is 9.59 Å². The summed E-state index contributed by atoms with van der Waals surface area (Å²) in [4.78, 5) is 28.9. The number of rotatable bonds is 8. The summed E-state index contributed by atoms with van der Waals surface area (Å²) in [5.41, 5.74) is 0.792. The Bertz CT molecular complexity index is 744. The second kappa shape index (κ2) is 8.68. The zero-order chi connectivity index (χ0) is 17.6. The van der Waals surface area contributed by atoms with E-state index in [1.807, 2.05) is 31.2 Å². The molecule has 2 amide bonds. The highest BCUT2D eigenvalue weighted by Gasteiger charge is 2.29. The molecule has 0 aliphatic heterocycles. The molecule has 2 aromatic rings. The van der Waals surface area contributed by atoms with Crippen LogP contribution >= 0.6 is 35.1 Å². The van der Waals surface area contributed by atoms with E-state index < -0.39 is 0 Å². The number of nitrogens with zero attached hydrogens (tertiary/aromatic N) is 2. The Morgan fingerprint density at radius 1 is 1.20 bits per heavy atom. The molecule has 0 bridgehead atoms. The molecule has 3 rings (SSSR count). The van der Waals surface area contributed by atoms with Gasteiger partial charge in [-0.15, -0.1) is 11.8 Å². The third-order valence-electron chi connectivity index (χ3n) is 3.37. The van der Waals surface area contributed by atoms with Crippen molar-refractivity contribution >= 4 is 57.7 Å². The Balaban J connectivity index is 1.43. The van der Waals surface area contributed by atoms with Crippen LogP contribution in [0.1, 0.15) is 19.8 Å². The predicted octanol–water partition coefficient (Wildman–Crippen LogP) is 3.73. The summed E-state index contributed by atoms with van der Waals surface area (Å²) in [6, 6.07) is 7.53. The highest BCUT2D eigenvalue weighted by atomic mass is 32.2. The Labute approximate surface area is 158 Å². The Kier molecular flexibility index (Phi) is 6.33. The number of hydrogen-bond donors (Lipinski definition) is 2. The van der Waals surface area contributed by atoms with Crippen LogP contribution in [0.3, 0.4) is 0 Å². The standard InChI is InChI=1S/C16H18N4O2S3/c1-2-23-16-19-15(25-20-16)18-13(21)9-24-12-7-5-11(6-8-12)17-14(22)10-3-4-10/h5-8,10H,2-4,9H2,1H3,(H,17,22)(H,18,19,20,21). The molecule has 1 fully saturated rings. The molecule has 25 heavy (non-hydrogen) atoms. The average Bonchev–Trinajstić information content (AvgIpc) is 3.37. The minimum atomic E-state index is -0.111. The normalized spacial score (nSPS) is 13.5. The lowest BCUT2D eigenvalue weighted by Gasteiger charge is -2.06. The van der Waals surface area contributed by atoms with Crippen LogP contribution in [0.5, 0.6) is 0 Å². The molecule has 0 atom stereocenters. The third-order valence-corrected chi connectivity index (χ3v) is 5.85. The van der Waals surface area contributed by atoms with Crippen LogP contribution in [-0.2, 0) is 9.59 Å². The number of thioether (sulfide) groups is 2. The van der Waals surface area contributed by atoms with Crippen molar-refractivity contribution in [1.29, 1.82) is 0 Å². The number of benzene rings is 1. The summed E-state index contributed by atoms with van der Waals surface area (Å²) in [6.45, 7) is 2.03. The van der Waals surface area contributed by atoms with Crippen LogP contribution in [0, 0.1) is 5.92 Å². The molecule has 1 aromatic heterocycles. The van der Waals surface area contributed by atoms with E-state index in [0.717, 1.165) is 29.2 Å². The van der Waals surface area contributed by atoms with Gasteiger partial charge in [-0.05, 0) is 42.9 Å². The molecule has 1 saturated carbocycles. The maximum atomic E-state index is 12.0. The van der Waals surface area contributed by atoms with Gasteiger partial charge in [0.25, 0.3) is 0 Å². The molecule has 132 valence electrons. The number of aromatic nitrogens is 2. The molecule has 9 heteroatoms. The van der Waals surface area contributed by atoms with Gasteiger partial charge >= 0.3 is 0 Å². The molecule has 1 aliphatic rings. The second-order valence-electron chi connectivity index (χ2n) is 5.44. The summed E-state index contributed by atoms with van der Waals surface area (Å²) in [5, 5.41) is 6.88. The molecule has 1 heterocycles. The van der Waals surface area contributed by atoms with Crippen molar-refractivity contribution in [3.05, 3.63) is 24.3 Å². The lowest BCUT2D eigenvalue weighted by atomic mass is 10.3. The first kappa shape index (κ1) is 18.2. The Morgan fingerprint density at radius 2 is 1.96 bits per heavy atom. The van der Waals surface area contributed by atoms with E-state index in [0.29, 0.717) is 16.0 Å². The number of anilines is 2. The maximum Gasteiger partial charge on any atom is 0.236 e. The van der Waals surface area contributed by atoms with Gasteiger partial charge in [0.15, 0.2) is 0 Å². The fourth-order valence-corrected chi connectivity index (χ4v) is 3.96. The van der Waals surface area contributed by atoms with Gasteiger partial charge in [-0.1, -0.05) is 18.7 Å². The molecule has 0 saturated heterocycles. The molecular weight excluding hydrogens is 376 g/mol. The molecule has 1 aliphatic carbocycles. The van der Waals surface area contributed by atoms with Gasteiger partial charge < -0.3 is 5.32 Å². The van der Waals surface area contributed by atoms with E-state index in [4.69, 9.17) is 0 Å². The smallest absolute Gasteiger partial charge is 0.236 e. The average molecular weight is 395 g/mol. The number of carbonyl (C=O) groups is 2. The topological polar surface area (TPSA) is 84.0 Å². The zero-order valence-electron chi connectivity index (χ0n) is 13.7. The van der Waals surface area contributed by atoms with E-state index in [1.165, 1.54) is 23.3 Å². The third kappa shape index (κ3) is 5.72. The van der Waals surface area contributed by atoms with Crippen LogP contribution in [0.25, 0.3) is 0 Å². The maximum absolute atomic E-state index is 12.0. The monoisotopic (exact) mass is 394 g/mol. The van der Waals surface area contributed by atoms with Crippen LogP contribution in [0.2, 0.25) is 0 Å². The highest BCUT2D eigenvalue weighted by molar-refractivity contribution is 8.00. The lowest BCUT2D eigenvalue weighted by Crippen LogP contribution is -2.14. The van der Waals surface area contributed by atoms with E-state index >= 15 is 0 Å². The molecule has 0 radical (unpaired) electrons. The Hall–Kier alpha value is -1.58. The van der Waals surface area contributed by atoms with Crippen molar-refractivity contribution in [3.63, 3.8) is 0 Å². The predicted molar refractivity (Wildman–Crippen MR) is 103 cm³/mol.